The van der Waals surface area contributed by atoms with E-state index in [-0.39, 0.29) is 12.4 Å². The van der Waals surface area contributed by atoms with Crippen molar-refractivity contribution in [2.24, 2.45) is 5.16 Å². The average Bonchev–Trinajstić information content (AvgIpc) is 2.47. The number of rotatable bonds is 5. The molecule has 0 aliphatic heterocycles. The van der Waals surface area contributed by atoms with Gasteiger partial charge in [0.15, 0.2) is 11.5 Å². The topological polar surface area (TPSA) is 51.0 Å². The molecule has 0 radical (unpaired) electrons. The maximum atomic E-state index is 13.5. The molecule has 2 rings (SSSR count). The molecule has 0 saturated heterocycles. The molecule has 1 N–H and O–H groups in total. The highest BCUT2D eigenvalue weighted by Crippen LogP contribution is 2.28. The fourth-order valence-electron chi connectivity index (χ4n) is 1.72. The summed E-state index contributed by atoms with van der Waals surface area (Å²) in [6, 6.07) is 11.5. The molecule has 0 heterocycles. The number of ether oxygens (including phenoxy) is 2. The number of oxime groups is 1. The second-order valence-electron chi connectivity index (χ2n) is 4.03. The lowest BCUT2D eigenvalue weighted by atomic mass is 10.2. The number of hydrogen-bond donors (Lipinski definition) is 1. The molecule has 0 fully saturated rings. The lowest BCUT2D eigenvalue weighted by Gasteiger charge is -2.11. The van der Waals surface area contributed by atoms with Crippen molar-refractivity contribution in [1.29, 1.82) is 0 Å². The summed E-state index contributed by atoms with van der Waals surface area (Å²) in [5.41, 5.74) is 1.10. The first-order valence-corrected chi connectivity index (χ1v) is 5.96. The zero-order valence-electron chi connectivity index (χ0n) is 10.9. The fraction of sp³-hybridized carbons (Fsp3) is 0.133. The van der Waals surface area contributed by atoms with Crippen LogP contribution in [0, 0.1) is 5.82 Å². The van der Waals surface area contributed by atoms with Crippen molar-refractivity contribution in [3.05, 3.63) is 59.4 Å². The second kappa shape index (κ2) is 6.56. The van der Waals surface area contributed by atoms with Crippen LogP contribution in [0.4, 0.5) is 4.39 Å². The molecule has 104 valence electrons. The third-order valence-electron chi connectivity index (χ3n) is 2.74. The molecule has 0 bridgehead atoms. The van der Waals surface area contributed by atoms with Gasteiger partial charge in [0, 0.05) is 11.1 Å². The first-order chi connectivity index (χ1) is 9.74. The van der Waals surface area contributed by atoms with Crippen LogP contribution in [-0.4, -0.2) is 18.5 Å². The van der Waals surface area contributed by atoms with Gasteiger partial charge in [0.2, 0.25) is 0 Å². The minimum atomic E-state index is -0.320. The van der Waals surface area contributed by atoms with E-state index >= 15 is 0 Å². The van der Waals surface area contributed by atoms with E-state index in [4.69, 9.17) is 14.7 Å². The summed E-state index contributed by atoms with van der Waals surface area (Å²) in [4.78, 5) is 0. The van der Waals surface area contributed by atoms with Gasteiger partial charge < -0.3 is 14.7 Å². The average molecular weight is 275 g/mol. The summed E-state index contributed by atoms with van der Waals surface area (Å²) in [5, 5.41) is 11.5. The number of hydrogen-bond acceptors (Lipinski definition) is 4. The Balaban J connectivity index is 2.19. The van der Waals surface area contributed by atoms with Gasteiger partial charge in [0.05, 0.1) is 13.3 Å². The maximum absolute atomic E-state index is 13.5. The Labute approximate surface area is 116 Å². The van der Waals surface area contributed by atoms with Crippen molar-refractivity contribution < 1.29 is 19.1 Å². The molecule has 0 saturated carbocycles. The molecule has 0 atom stereocenters. The van der Waals surface area contributed by atoms with Crippen LogP contribution in [0.15, 0.2) is 47.6 Å². The van der Waals surface area contributed by atoms with Gasteiger partial charge in [0.1, 0.15) is 12.4 Å². The summed E-state index contributed by atoms with van der Waals surface area (Å²) in [7, 11) is 1.52. The molecule has 0 spiro atoms. The Morgan fingerprint density at radius 1 is 1.20 bits per heavy atom. The smallest absolute Gasteiger partial charge is 0.162 e. The van der Waals surface area contributed by atoms with E-state index in [0.29, 0.717) is 22.6 Å². The summed E-state index contributed by atoms with van der Waals surface area (Å²) >= 11 is 0. The normalized spacial score (nSPS) is 10.7. The molecule has 5 heteroatoms. The van der Waals surface area contributed by atoms with Crippen LogP contribution >= 0.6 is 0 Å². The standard InChI is InChI=1S/C15H14FNO3/c1-19-14-7-6-11(9-17-18)8-15(14)20-10-12-4-2-3-5-13(12)16/h2-9,18H,10H2,1H3/b17-9+. The molecule has 0 aliphatic rings. The highest BCUT2D eigenvalue weighted by molar-refractivity contribution is 5.80. The van der Waals surface area contributed by atoms with Crippen LogP contribution in [0.5, 0.6) is 11.5 Å². The highest BCUT2D eigenvalue weighted by Gasteiger charge is 2.07. The van der Waals surface area contributed by atoms with E-state index < -0.39 is 0 Å². The summed E-state index contributed by atoms with van der Waals surface area (Å²) in [6.07, 6.45) is 1.27. The first-order valence-electron chi connectivity index (χ1n) is 5.96. The van der Waals surface area contributed by atoms with Crippen LogP contribution in [0.25, 0.3) is 0 Å². The highest BCUT2D eigenvalue weighted by atomic mass is 19.1. The van der Waals surface area contributed by atoms with Crippen LogP contribution in [0.2, 0.25) is 0 Å². The van der Waals surface area contributed by atoms with Crippen molar-refractivity contribution in [3.8, 4) is 11.5 Å². The minimum Gasteiger partial charge on any atom is -0.493 e. The van der Waals surface area contributed by atoms with Gasteiger partial charge in [-0.25, -0.2) is 4.39 Å². The maximum Gasteiger partial charge on any atom is 0.162 e. The zero-order valence-corrected chi connectivity index (χ0v) is 10.9. The Hall–Kier alpha value is -2.56. The van der Waals surface area contributed by atoms with Crippen LogP contribution in [-0.2, 0) is 6.61 Å². The van der Waals surface area contributed by atoms with Gasteiger partial charge in [-0.15, -0.1) is 0 Å². The van der Waals surface area contributed by atoms with Crippen molar-refractivity contribution in [2.45, 2.75) is 6.61 Å². The summed E-state index contributed by atoms with van der Waals surface area (Å²) in [6.45, 7) is 0.0861. The van der Waals surface area contributed by atoms with Crippen molar-refractivity contribution >= 4 is 6.21 Å². The van der Waals surface area contributed by atoms with Gasteiger partial charge in [-0.05, 0) is 24.3 Å². The minimum absolute atomic E-state index is 0.0861. The Kier molecular flexibility index (Phi) is 4.55. The van der Waals surface area contributed by atoms with Crippen molar-refractivity contribution in [3.63, 3.8) is 0 Å². The Bertz CT molecular complexity index is 614. The predicted octanol–water partition coefficient (Wildman–Crippen LogP) is 3.22. The van der Waals surface area contributed by atoms with Crippen LogP contribution in [0.3, 0.4) is 0 Å². The number of methoxy groups -OCH3 is 1. The number of halogens is 1. The van der Waals surface area contributed by atoms with E-state index in [0.717, 1.165) is 0 Å². The molecule has 0 aromatic heterocycles. The van der Waals surface area contributed by atoms with E-state index in [9.17, 15) is 4.39 Å². The number of benzene rings is 2. The molecule has 0 aliphatic carbocycles. The molecule has 0 unspecified atom stereocenters. The van der Waals surface area contributed by atoms with Gasteiger partial charge in [-0.1, -0.05) is 23.4 Å². The monoisotopic (exact) mass is 275 g/mol. The molecule has 2 aromatic rings. The van der Waals surface area contributed by atoms with Crippen molar-refractivity contribution in [1.82, 2.24) is 0 Å². The first kappa shape index (κ1) is 13.9. The van der Waals surface area contributed by atoms with Gasteiger partial charge in [-0.2, -0.15) is 0 Å². The molecular formula is C15H14FNO3. The summed E-state index contributed by atoms with van der Waals surface area (Å²) < 4.78 is 24.3. The van der Waals surface area contributed by atoms with Crippen molar-refractivity contribution in [2.75, 3.05) is 7.11 Å². The molecule has 4 nitrogen and oxygen atoms in total. The fourth-order valence-corrected chi connectivity index (χ4v) is 1.72. The number of nitrogens with zero attached hydrogens (tertiary/aromatic N) is 1. The second-order valence-corrected chi connectivity index (χ2v) is 4.03. The predicted molar refractivity (Wildman–Crippen MR) is 73.1 cm³/mol. The molecule has 0 amide bonds. The lowest BCUT2D eigenvalue weighted by Crippen LogP contribution is -2.00. The largest absolute Gasteiger partial charge is 0.493 e. The molecule has 20 heavy (non-hydrogen) atoms. The third-order valence-corrected chi connectivity index (χ3v) is 2.74. The van der Waals surface area contributed by atoms with E-state index in [1.165, 1.54) is 19.4 Å². The molecular weight excluding hydrogens is 261 g/mol. The van der Waals surface area contributed by atoms with E-state index in [1.807, 2.05) is 0 Å². The van der Waals surface area contributed by atoms with Gasteiger partial charge in [-0.3, -0.25) is 0 Å². The summed E-state index contributed by atoms with van der Waals surface area (Å²) in [5.74, 6) is 0.657. The SMILES string of the molecule is COc1ccc(/C=N/O)cc1OCc1ccccc1F. The van der Waals surface area contributed by atoms with E-state index in [2.05, 4.69) is 5.16 Å². The quantitative estimate of drug-likeness (QED) is 0.518. The van der Waals surface area contributed by atoms with Crippen LogP contribution in [0.1, 0.15) is 11.1 Å². The van der Waals surface area contributed by atoms with Gasteiger partial charge >= 0.3 is 0 Å². The van der Waals surface area contributed by atoms with Crippen LogP contribution < -0.4 is 9.47 Å². The Morgan fingerprint density at radius 2 is 2.00 bits per heavy atom. The zero-order chi connectivity index (χ0) is 14.4. The Morgan fingerprint density at radius 3 is 2.70 bits per heavy atom. The molecule has 2 aromatic carbocycles. The lowest BCUT2D eigenvalue weighted by molar-refractivity contribution is 0.279. The van der Waals surface area contributed by atoms with Gasteiger partial charge in [0.25, 0.3) is 0 Å². The van der Waals surface area contributed by atoms with E-state index in [1.54, 1.807) is 36.4 Å². The third kappa shape index (κ3) is 3.26.